The predicted octanol–water partition coefficient (Wildman–Crippen LogP) is 3.67. The standard InChI is InChI=1S/C17H18ClN3O2/c1-17(2,3)11-5-6-13(12(18)7-11)21-9-10(8-19)14(20)15(21)16(22)23-4/h5-7,9H,20H2,1-4H3. The highest BCUT2D eigenvalue weighted by Gasteiger charge is 2.23. The molecule has 0 radical (unpaired) electrons. The zero-order valence-electron chi connectivity index (χ0n) is 13.5. The molecule has 0 aliphatic rings. The molecule has 0 aliphatic carbocycles. The lowest BCUT2D eigenvalue weighted by Gasteiger charge is -2.20. The van der Waals surface area contributed by atoms with Crippen molar-refractivity contribution >= 4 is 23.3 Å². The quantitative estimate of drug-likeness (QED) is 0.851. The van der Waals surface area contributed by atoms with E-state index in [0.717, 1.165) is 5.56 Å². The summed E-state index contributed by atoms with van der Waals surface area (Å²) in [6, 6.07) is 7.55. The van der Waals surface area contributed by atoms with Gasteiger partial charge in [0, 0.05) is 6.20 Å². The minimum Gasteiger partial charge on any atom is -0.464 e. The minimum atomic E-state index is -0.625. The molecule has 120 valence electrons. The van der Waals surface area contributed by atoms with Gasteiger partial charge in [-0.25, -0.2) is 4.79 Å². The molecule has 1 aromatic heterocycles. The predicted molar refractivity (Wildman–Crippen MR) is 89.9 cm³/mol. The number of hydrogen-bond donors (Lipinski definition) is 1. The van der Waals surface area contributed by atoms with E-state index in [4.69, 9.17) is 27.3 Å². The summed E-state index contributed by atoms with van der Waals surface area (Å²) in [6.07, 6.45) is 1.49. The fraction of sp³-hybridized carbons (Fsp3) is 0.294. The zero-order valence-corrected chi connectivity index (χ0v) is 14.2. The van der Waals surface area contributed by atoms with Gasteiger partial charge in [-0.2, -0.15) is 5.26 Å². The lowest BCUT2D eigenvalue weighted by atomic mass is 9.87. The van der Waals surface area contributed by atoms with Crippen LogP contribution in [0.4, 0.5) is 5.69 Å². The Bertz CT molecular complexity index is 810. The Labute approximate surface area is 140 Å². The number of nitriles is 1. The number of esters is 1. The first-order chi connectivity index (χ1) is 10.7. The molecule has 0 saturated heterocycles. The highest BCUT2D eigenvalue weighted by Crippen LogP contribution is 2.32. The highest BCUT2D eigenvalue weighted by molar-refractivity contribution is 6.32. The molecule has 2 aromatic rings. The largest absolute Gasteiger partial charge is 0.464 e. The first kappa shape index (κ1) is 16.9. The summed E-state index contributed by atoms with van der Waals surface area (Å²) in [7, 11) is 1.26. The van der Waals surface area contributed by atoms with E-state index in [1.807, 2.05) is 18.2 Å². The number of nitrogens with zero attached hydrogens (tertiary/aromatic N) is 2. The van der Waals surface area contributed by atoms with Crippen LogP contribution in [0, 0.1) is 11.3 Å². The molecule has 0 fully saturated rings. The van der Waals surface area contributed by atoms with E-state index in [2.05, 4.69) is 20.8 Å². The van der Waals surface area contributed by atoms with E-state index in [1.54, 1.807) is 6.07 Å². The van der Waals surface area contributed by atoms with Crippen LogP contribution in [0.5, 0.6) is 0 Å². The van der Waals surface area contributed by atoms with Gasteiger partial charge in [0.1, 0.15) is 6.07 Å². The van der Waals surface area contributed by atoms with Gasteiger partial charge in [0.2, 0.25) is 0 Å². The minimum absolute atomic E-state index is 0.0547. The number of halogens is 1. The lowest BCUT2D eigenvalue weighted by Crippen LogP contribution is -2.13. The Morgan fingerprint density at radius 2 is 2.04 bits per heavy atom. The van der Waals surface area contributed by atoms with E-state index in [-0.39, 0.29) is 22.4 Å². The maximum Gasteiger partial charge on any atom is 0.357 e. The van der Waals surface area contributed by atoms with Crippen molar-refractivity contribution in [3.63, 3.8) is 0 Å². The molecule has 2 N–H and O–H groups in total. The van der Waals surface area contributed by atoms with Crippen molar-refractivity contribution in [1.82, 2.24) is 4.57 Å². The summed E-state index contributed by atoms with van der Waals surface area (Å²) >= 11 is 6.40. The van der Waals surface area contributed by atoms with Gasteiger partial charge in [-0.15, -0.1) is 0 Å². The molecule has 1 aromatic carbocycles. The van der Waals surface area contributed by atoms with Crippen molar-refractivity contribution in [3.8, 4) is 11.8 Å². The maximum atomic E-state index is 12.0. The number of aromatic nitrogens is 1. The Morgan fingerprint density at radius 1 is 1.39 bits per heavy atom. The molecule has 5 nitrogen and oxygen atoms in total. The molecule has 0 unspecified atom stereocenters. The van der Waals surface area contributed by atoms with Gasteiger partial charge in [0.05, 0.1) is 29.1 Å². The number of nitrogens with two attached hydrogens (primary N) is 1. The van der Waals surface area contributed by atoms with Crippen molar-refractivity contribution < 1.29 is 9.53 Å². The Morgan fingerprint density at radius 3 is 2.52 bits per heavy atom. The fourth-order valence-electron chi connectivity index (χ4n) is 2.27. The SMILES string of the molecule is COC(=O)c1c(N)c(C#N)cn1-c1ccc(C(C)(C)C)cc1Cl. The molecular formula is C17H18ClN3O2. The van der Waals surface area contributed by atoms with Gasteiger partial charge in [0.15, 0.2) is 5.69 Å². The molecule has 2 rings (SSSR count). The Hall–Kier alpha value is -2.45. The van der Waals surface area contributed by atoms with Gasteiger partial charge in [-0.3, -0.25) is 0 Å². The van der Waals surface area contributed by atoms with Gasteiger partial charge in [-0.05, 0) is 23.1 Å². The molecule has 0 spiro atoms. The van der Waals surface area contributed by atoms with Crippen LogP contribution >= 0.6 is 11.6 Å². The molecule has 0 atom stereocenters. The van der Waals surface area contributed by atoms with Gasteiger partial charge < -0.3 is 15.0 Å². The summed E-state index contributed by atoms with van der Waals surface area (Å²) < 4.78 is 6.26. The number of hydrogen-bond acceptors (Lipinski definition) is 4. The number of nitrogen functional groups attached to an aromatic ring is 1. The highest BCUT2D eigenvalue weighted by atomic mass is 35.5. The van der Waals surface area contributed by atoms with E-state index in [9.17, 15) is 4.79 Å². The van der Waals surface area contributed by atoms with Crippen LogP contribution in [0.3, 0.4) is 0 Å². The van der Waals surface area contributed by atoms with E-state index >= 15 is 0 Å². The first-order valence-corrected chi connectivity index (χ1v) is 7.38. The topological polar surface area (TPSA) is 81.0 Å². The van der Waals surface area contributed by atoms with Crippen molar-refractivity contribution in [2.75, 3.05) is 12.8 Å². The molecule has 0 bridgehead atoms. The molecule has 6 heteroatoms. The van der Waals surface area contributed by atoms with E-state index < -0.39 is 5.97 Å². The number of ether oxygens (including phenoxy) is 1. The third-order valence-corrected chi connectivity index (χ3v) is 3.92. The maximum absolute atomic E-state index is 12.0. The normalized spacial score (nSPS) is 11.1. The second-order valence-electron chi connectivity index (χ2n) is 6.19. The number of rotatable bonds is 2. The molecule has 1 heterocycles. The van der Waals surface area contributed by atoms with Crippen LogP contribution in [0.1, 0.15) is 42.4 Å². The third-order valence-electron chi connectivity index (χ3n) is 3.62. The monoisotopic (exact) mass is 331 g/mol. The number of methoxy groups -OCH3 is 1. The first-order valence-electron chi connectivity index (χ1n) is 7.00. The van der Waals surface area contributed by atoms with Gasteiger partial charge >= 0.3 is 5.97 Å². The molecular weight excluding hydrogens is 314 g/mol. The summed E-state index contributed by atoms with van der Waals surface area (Å²) in [5, 5.41) is 9.61. The molecule has 0 aliphatic heterocycles. The molecule has 0 saturated carbocycles. The molecule has 23 heavy (non-hydrogen) atoms. The van der Waals surface area contributed by atoms with Crippen molar-refractivity contribution in [2.24, 2.45) is 0 Å². The fourth-order valence-corrected chi connectivity index (χ4v) is 2.54. The van der Waals surface area contributed by atoms with Crippen LogP contribution < -0.4 is 5.73 Å². The summed E-state index contributed by atoms with van der Waals surface area (Å²) in [5.74, 6) is -0.625. The molecule has 0 amide bonds. The number of benzene rings is 1. The average molecular weight is 332 g/mol. The summed E-state index contributed by atoms with van der Waals surface area (Å²) in [5.41, 5.74) is 7.83. The van der Waals surface area contributed by atoms with Crippen LogP contribution in [0.15, 0.2) is 24.4 Å². The average Bonchev–Trinajstić information content (AvgIpc) is 2.82. The van der Waals surface area contributed by atoms with Gasteiger partial charge in [0.25, 0.3) is 0 Å². The smallest absolute Gasteiger partial charge is 0.357 e. The van der Waals surface area contributed by atoms with Crippen molar-refractivity contribution in [1.29, 1.82) is 5.26 Å². The summed E-state index contributed by atoms with van der Waals surface area (Å²) in [6.45, 7) is 6.25. The second kappa shape index (κ2) is 5.98. The van der Waals surface area contributed by atoms with E-state index in [1.165, 1.54) is 17.9 Å². The number of anilines is 1. The van der Waals surface area contributed by atoms with Crippen LogP contribution in [-0.2, 0) is 10.2 Å². The number of carbonyl (C=O) groups is 1. The van der Waals surface area contributed by atoms with Crippen LogP contribution in [0.25, 0.3) is 5.69 Å². The van der Waals surface area contributed by atoms with Crippen LogP contribution in [-0.4, -0.2) is 17.6 Å². The van der Waals surface area contributed by atoms with Crippen molar-refractivity contribution in [2.45, 2.75) is 26.2 Å². The Balaban J connectivity index is 2.68. The Kier molecular flexibility index (Phi) is 4.39. The zero-order chi connectivity index (χ0) is 17.4. The third kappa shape index (κ3) is 3.03. The van der Waals surface area contributed by atoms with Crippen molar-refractivity contribution in [3.05, 3.63) is 46.2 Å². The lowest BCUT2D eigenvalue weighted by molar-refractivity contribution is 0.0593. The van der Waals surface area contributed by atoms with Gasteiger partial charge in [-0.1, -0.05) is 38.4 Å². The number of carbonyl (C=O) groups excluding carboxylic acids is 1. The van der Waals surface area contributed by atoms with Crippen LogP contribution in [0.2, 0.25) is 5.02 Å². The van der Waals surface area contributed by atoms with E-state index in [0.29, 0.717) is 10.7 Å². The second-order valence-corrected chi connectivity index (χ2v) is 6.60. The summed E-state index contributed by atoms with van der Waals surface area (Å²) in [4.78, 5) is 12.0.